The maximum absolute atomic E-state index is 12.6. The van der Waals surface area contributed by atoms with Gasteiger partial charge in [0.1, 0.15) is 16.9 Å². The summed E-state index contributed by atoms with van der Waals surface area (Å²) in [6.45, 7) is 5.81. The number of rotatable bonds is 2. The van der Waals surface area contributed by atoms with Gasteiger partial charge in [-0.25, -0.2) is 0 Å². The summed E-state index contributed by atoms with van der Waals surface area (Å²) in [5.41, 5.74) is 1.96. The smallest absolute Gasteiger partial charge is 0.307 e. The summed E-state index contributed by atoms with van der Waals surface area (Å²) < 4.78 is 11.9. The van der Waals surface area contributed by atoms with Crippen LogP contribution in [-0.4, -0.2) is 11.6 Å². The van der Waals surface area contributed by atoms with E-state index in [2.05, 4.69) is 18.2 Å². The number of carbonyl (C=O) groups excluding carboxylic acids is 1. The Hall–Kier alpha value is -1.77. The fourth-order valence-corrected chi connectivity index (χ4v) is 6.01. The molecule has 3 aliphatic carbocycles. The first-order valence-electron chi connectivity index (χ1n) is 9.65. The number of furan rings is 1. The molecule has 2 saturated carbocycles. The molecule has 2 aromatic rings. The summed E-state index contributed by atoms with van der Waals surface area (Å²) in [6, 6.07) is 8.38. The largest absolute Gasteiger partial charge is 0.460 e. The number of hydrogen-bond donors (Lipinski definition) is 0. The van der Waals surface area contributed by atoms with E-state index in [0.717, 1.165) is 23.2 Å². The molecule has 0 aliphatic heterocycles. The third kappa shape index (κ3) is 2.28. The Morgan fingerprint density at radius 1 is 1.20 bits per heavy atom. The van der Waals surface area contributed by atoms with Crippen molar-refractivity contribution < 1.29 is 13.9 Å². The van der Waals surface area contributed by atoms with Crippen LogP contribution in [0.15, 0.2) is 28.7 Å². The number of fused-ring (bicyclic) bond motifs is 9. The number of hydrogen-bond acceptors (Lipinski definition) is 3. The van der Waals surface area contributed by atoms with E-state index in [-0.39, 0.29) is 11.9 Å². The summed E-state index contributed by atoms with van der Waals surface area (Å²) >= 11 is 0. The van der Waals surface area contributed by atoms with Gasteiger partial charge in [-0.3, -0.25) is 4.79 Å². The Balaban J connectivity index is 1.56. The molecule has 3 heteroatoms. The molecule has 0 amide bonds. The summed E-state index contributed by atoms with van der Waals surface area (Å²) in [7, 11) is 0. The third-order valence-corrected chi connectivity index (χ3v) is 6.58. The summed E-state index contributed by atoms with van der Waals surface area (Å²) in [5.74, 6) is 3.88. The Kier molecular flexibility index (Phi) is 3.17. The molecule has 1 aromatic carbocycles. The first-order chi connectivity index (χ1) is 11.9. The van der Waals surface area contributed by atoms with Crippen molar-refractivity contribution in [2.24, 2.45) is 17.8 Å². The lowest BCUT2D eigenvalue weighted by Crippen LogP contribution is -2.27. The molecule has 3 aliphatic rings. The zero-order chi connectivity index (χ0) is 17.3. The van der Waals surface area contributed by atoms with Crippen molar-refractivity contribution in [1.29, 1.82) is 0 Å². The monoisotopic (exact) mass is 338 g/mol. The van der Waals surface area contributed by atoms with Crippen LogP contribution < -0.4 is 0 Å². The van der Waals surface area contributed by atoms with E-state index in [1.807, 2.05) is 26.8 Å². The fourth-order valence-electron chi connectivity index (χ4n) is 6.01. The van der Waals surface area contributed by atoms with Gasteiger partial charge in [0.25, 0.3) is 0 Å². The fraction of sp³-hybridized carbons (Fsp3) is 0.591. The van der Waals surface area contributed by atoms with Crippen molar-refractivity contribution in [3.8, 4) is 0 Å². The third-order valence-electron chi connectivity index (χ3n) is 6.58. The number of ether oxygens (including phenoxy) is 1. The molecule has 0 unspecified atom stereocenters. The molecular formula is C22H26O3. The van der Waals surface area contributed by atoms with Gasteiger partial charge < -0.3 is 9.15 Å². The second-order valence-corrected chi connectivity index (χ2v) is 9.21. The molecule has 1 heterocycles. The molecule has 132 valence electrons. The van der Waals surface area contributed by atoms with Gasteiger partial charge in [-0.1, -0.05) is 18.2 Å². The van der Waals surface area contributed by atoms with Crippen LogP contribution in [0.3, 0.4) is 0 Å². The minimum Gasteiger partial charge on any atom is -0.460 e. The lowest BCUT2D eigenvalue weighted by Gasteiger charge is -2.29. The lowest BCUT2D eigenvalue weighted by molar-refractivity contribution is -0.155. The first-order valence-corrected chi connectivity index (χ1v) is 9.65. The second kappa shape index (κ2) is 5.12. The average molecular weight is 338 g/mol. The van der Waals surface area contributed by atoms with E-state index < -0.39 is 5.60 Å². The highest BCUT2D eigenvalue weighted by Gasteiger charge is 2.58. The van der Waals surface area contributed by atoms with E-state index in [9.17, 15) is 4.79 Å². The van der Waals surface area contributed by atoms with Crippen molar-refractivity contribution in [2.45, 2.75) is 63.9 Å². The van der Waals surface area contributed by atoms with Crippen LogP contribution in [-0.2, 0) is 9.53 Å². The summed E-state index contributed by atoms with van der Waals surface area (Å²) in [6.07, 6.45) is 4.44. The average Bonchev–Trinajstić information content (AvgIpc) is 3.25. The van der Waals surface area contributed by atoms with Crippen LogP contribution in [0.4, 0.5) is 0 Å². The quantitative estimate of drug-likeness (QED) is 0.689. The molecule has 5 rings (SSSR count). The molecule has 3 nitrogen and oxygen atoms in total. The van der Waals surface area contributed by atoms with Gasteiger partial charge in [0.15, 0.2) is 0 Å². The second-order valence-electron chi connectivity index (χ2n) is 9.21. The molecule has 0 radical (unpaired) electrons. The topological polar surface area (TPSA) is 39.4 Å². The number of carbonyl (C=O) groups is 1. The van der Waals surface area contributed by atoms with Gasteiger partial charge in [0.05, 0.1) is 6.42 Å². The van der Waals surface area contributed by atoms with E-state index >= 15 is 0 Å². The maximum atomic E-state index is 12.6. The Morgan fingerprint density at radius 2 is 1.96 bits per heavy atom. The molecule has 1 aromatic heterocycles. The Labute approximate surface area is 148 Å². The van der Waals surface area contributed by atoms with Crippen LogP contribution in [0.25, 0.3) is 11.0 Å². The molecule has 0 N–H and O–H groups in total. The Morgan fingerprint density at radius 3 is 2.76 bits per heavy atom. The van der Waals surface area contributed by atoms with E-state index in [1.165, 1.54) is 30.2 Å². The van der Waals surface area contributed by atoms with Crippen molar-refractivity contribution in [3.63, 3.8) is 0 Å². The van der Waals surface area contributed by atoms with Crippen LogP contribution >= 0.6 is 0 Å². The molecule has 0 saturated heterocycles. The van der Waals surface area contributed by atoms with Crippen LogP contribution in [0.1, 0.15) is 69.6 Å². The van der Waals surface area contributed by atoms with Crippen molar-refractivity contribution in [2.75, 3.05) is 0 Å². The molecule has 2 fully saturated rings. The number of benzene rings is 1. The zero-order valence-corrected chi connectivity index (χ0v) is 15.2. The summed E-state index contributed by atoms with van der Waals surface area (Å²) in [4.78, 5) is 12.6. The van der Waals surface area contributed by atoms with E-state index in [4.69, 9.17) is 9.15 Å². The molecule has 2 bridgehead atoms. The molecule has 25 heavy (non-hydrogen) atoms. The van der Waals surface area contributed by atoms with Gasteiger partial charge in [-0.2, -0.15) is 0 Å². The minimum absolute atomic E-state index is 0.0904. The van der Waals surface area contributed by atoms with Crippen LogP contribution in [0.5, 0.6) is 0 Å². The van der Waals surface area contributed by atoms with Gasteiger partial charge in [-0.05, 0) is 69.8 Å². The van der Waals surface area contributed by atoms with E-state index in [1.54, 1.807) is 0 Å². The van der Waals surface area contributed by atoms with Crippen molar-refractivity contribution in [3.05, 3.63) is 35.6 Å². The zero-order valence-electron chi connectivity index (χ0n) is 15.2. The van der Waals surface area contributed by atoms with Crippen molar-refractivity contribution in [1.82, 2.24) is 0 Å². The first kappa shape index (κ1) is 15.5. The van der Waals surface area contributed by atoms with Crippen molar-refractivity contribution >= 4 is 16.9 Å². The lowest BCUT2D eigenvalue weighted by atomic mass is 9.75. The minimum atomic E-state index is -0.430. The predicted octanol–water partition coefficient (Wildman–Crippen LogP) is 5.39. The number of para-hydroxylation sites is 1. The molecule has 0 spiro atoms. The van der Waals surface area contributed by atoms with Gasteiger partial charge in [0, 0.05) is 16.9 Å². The highest BCUT2D eigenvalue weighted by molar-refractivity contribution is 5.85. The molecular weight excluding hydrogens is 312 g/mol. The van der Waals surface area contributed by atoms with Crippen LogP contribution in [0.2, 0.25) is 0 Å². The standard InChI is InChI=1S/C22H26O3/c1-22(2,3)25-17(23)11-15-18-12-8-9-13(10-12)19(18)20-14-6-4-5-7-16(14)24-21(15)20/h4-7,12-13,15,18-19H,8-11H2,1-3H3/t12-,13+,15-,18-,19-/m0/s1. The predicted molar refractivity (Wildman–Crippen MR) is 96.5 cm³/mol. The highest BCUT2D eigenvalue weighted by atomic mass is 16.6. The molecule has 5 atom stereocenters. The normalized spacial score (nSPS) is 32.8. The summed E-state index contributed by atoms with van der Waals surface area (Å²) in [5, 5.41) is 1.27. The maximum Gasteiger partial charge on any atom is 0.307 e. The Bertz CT molecular complexity index is 841. The van der Waals surface area contributed by atoms with Gasteiger partial charge in [0.2, 0.25) is 0 Å². The number of esters is 1. The van der Waals surface area contributed by atoms with Gasteiger partial charge in [-0.15, -0.1) is 0 Å². The van der Waals surface area contributed by atoms with E-state index in [0.29, 0.717) is 18.3 Å². The van der Waals surface area contributed by atoms with Crippen LogP contribution in [0, 0.1) is 17.8 Å². The highest BCUT2D eigenvalue weighted by Crippen LogP contribution is 2.67. The van der Waals surface area contributed by atoms with Gasteiger partial charge >= 0.3 is 5.97 Å². The SMILES string of the molecule is CC(C)(C)OC(=O)C[C@@H]1c2oc3ccccc3c2[C@H]2[C@@H]3CC[C@@H](C3)[C@H]21.